The molecule has 2 aromatic heterocycles. The van der Waals surface area contributed by atoms with Crippen molar-refractivity contribution in [3.63, 3.8) is 0 Å². The molecule has 146 valence electrons. The van der Waals surface area contributed by atoms with Gasteiger partial charge in [0.2, 0.25) is 0 Å². The minimum Gasteiger partial charge on any atom is -0.376 e. The smallest absolute Gasteiger partial charge is 0.261 e. The Kier molecular flexibility index (Phi) is 4.40. The van der Waals surface area contributed by atoms with Crippen LogP contribution in [0.4, 0.5) is 5.00 Å². The Labute approximate surface area is 166 Å². The van der Waals surface area contributed by atoms with Crippen molar-refractivity contribution in [1.29, 1.82) is 0 Å². The summed E-state index contributed by atoms with van der Waals surface area (Å²) in [6.07, 6.45) is 5.61. The molecule has 1 N–H and O–H groups in total. The minimum absolute atomic E-state index is 0.173. The van der Waals surface area contributed by atoms with Crippen molar-refractivity contribution < 1.29 is 18.8 Å². The molecule has 3 aliphatic carbocycles. The molecule has 4 aliphatic rings. The Balaban J connectivity index is 1.54. The minimum atomic E-state index is -0.173. The molecule has 1 fully saturated rings. The van der Waals surface area contributed by atoms with E-state index in [4.69, 9.17) is 9.26 Å². The number of fused-ring (bicyclic) bond motifs is 3. The van der Waals surface area contributed by atoms with E-state index in [0.717, 1.165) is 54.4 Å². The molecule has 0 aromatic carbocycles. The number of ether oxygens (including phenoxy) is 1. The molecule has 6 rings (SSSR count). The second kappa shape index (κ2) is 6.93. The molecular formula is C20H21N3O4S. The molecule has 0 saturated heterocycles. The first-order valence-corrected chi connectivity index (χ1v) is 10.5. The highest BCUT2D eigenvalue weighted by Crippen LogP contribution is 2.46. The van der Waals surface area contributed by atoms with Crippen molar-refractivity contribution in [2.75, 3.05) is 11.9 Å². The fourth-order valence-electron chi connectivity index (χ4n) is 4.74. The highest BCUT2D eigenvalue weighted by atomic mass is 32.1. The largest absolute Gasteiger partial charge is 0.376 e. The summed E-state index contributed by atoms with van der Waals surface area (Å²) < 4.78 is 11.0. The van der Waals surface area contributed by atoms with Crippen molar-refractivity contribution in [2.24, 2.45) is 11.8 Å². The number of hydrogen-bond donors (Lipinski definition) is 1. The van der Waals surface area contributed by atoms with Crippen molar-refractivity contribution in [3.8, 4) is 11.5 Å². The summed E-state index contributed by atoms with van der Waals surface area (Å²) in [4.78, 5) is 30.3. The lowest BCUT2D eigenvalue weighted by atomic mass is 9.67. The number of aldehydes is 1. The van der Waals surface area contributed by atoms with Crippen LogP contribution in [-0.2, 0) is 27.4 Å². The molecule has 2 aromatic rings. The summed E-state index contributed by atoms with van der Waals surface area (Å²) in [7, 11) is 0. The predicted octanol–water partition coefficient (Wildman–Crippen LogP) is 3.43. The van der Waals surface area contributed by atoms with Crippen LogP contribution in [-0.4, -0.2) is 28.9 Å². The Morgan fingerprint density at radius 1 is 1.25 bits per heavy atom. The van der Waals surface area contributed by atoms with E-state index in [-0.39, 0.29) is 17.7 Å². The Bertz CT molecular complexity index is 982. The van der Waals surface area contributed by atoms with Gasteiger partial charge in [-0.15, -0.1) is 11.3 Å². The fraction of sp³-hybridized carbons (Fsp3) is 0.500. The molecule has 1 amide bonds. The number of amides is 1. The van der Waals surface area contributed by atoms with Gasteiger partial charge in [0.05, 0.1) is 18.8 Å². The molecule has 2 bridgehead atoms. The third kappa shape index (κ3) is 2.82. The molecule has 8 heteroatoms. The molecule has 0 spiro atoms. The summed E-state index contributed by atoms with van der Waals surface area (Å²) in [5.41, 5.74) is 3.27. The van der Waals surface area contributed by atoms with Gasteiger partial charge in [-0.2, -0.15) is 4.98 Å². The van der Waals surface area contributed by atoms with Crippen LogP contribution in [0.15, 0.2) is 15.7 Å². The van der Waals surface area contributed by atoms with Gasteiger partial charge in [0.25, 0.3) is 11.8 Å². The Morgan fingerprint density at radius 2 is 2.04 bits per heavy atom. The van der Waals surface area contributed by atoms with Gasteiger partial charge < -0.3 is 14.6 Å². The Hall–Kier alpha value is -2.32. The van der Waals surface area contributed by atoms with Crippen LogP contribution < -0.4 is 5.32 Å². The number of carbonyl (C=O) groups excluding carboxylic acids is 2. The van der Waals surface area contributed by atoms with Crippen LogP contribution in [0.1, 0.15) is 41.9 Å². The van der Waals surface area contributed by atoms with Crippen LogP contribution in [0.5, 0.6) is 0 Å². The first kappa shape index (κ1) is 17.8. The van der Waals surface area contributed by atoms with Crippen LogP contribution in [0, 0.1) is 18.8 Å². The summed E-state index contributed by atoms with van der Waals surface area (Å²) in [6, 6.07) is 0. The van der Waals surface area contributed by atoms with Gasteiger partial charge in [0.15, 0.2) is 5.82 Å². The summed E-state index contributed by atoms with van der Waals surface area (Å²) >= 11 is 1.49. The van der Waals surface area contributed by atoms with E-state index >= 15 is 0 Å². The van der Waals surface area contributed by atoms with Crippen molar-refractivity contribution >= 4 is 28.5 Å². The lowest BCUT2D eigenvalue weighted by Crippen LogP contribution is -2.33. The van der Waals surface area contributed by atoms with E-state index in [1.807, 2.05) is 0 Å². The molecule has 0 unspecified atom stereocenters. The predicted molar refractivity (Wildman–Crippen MR) is 103 cm³/mol. The lowest BCUT2D eigenvalue weighted by Gasteiger charge is -2.37. The Morgan fingerprint density at radius 3 is 2.75 bits per heavy atom. The standard InChI is InChI=1S/C20H21N3O4S/c1-10-21-19(27-23-10)17-13-6-7-26-9-15(13)28-20(17)22-18(25)16-12-4-2-11(3-5-12)14(16)8-24/h8,11-12H,2-7,9H2,1H3,(H,22,25). The molecule has 1 saturated carbocycles. The van der Waals surface area contributed by atoms with E-state index in [1.165, 1.54) is 11.3 Å². The highest BCUT2D eigenvalue weighted by molar-refractivity contribution is 7.17. The lowest BCUT2D eigenvalue weighted by molar-refractivity contribution is -0.114. The molecule has 28 heavy (non-hydrogen) atoms. The first-order chi connectivity index (χ1) is 13.7. The van der Waals surface area contributed by atoms with E-state index in [9.17, 15) is 9.59 Å². The number of nitrogens with zero attached hydrogens (tertiary/aromatic N) is 2. The molecule has 0 radical (unpaired) electrons. The SMILES string of the molecule is Cc1noc(-c2c(NC(=O)C3=C(C=O)C4CCC3CC4)sc3c2CCOC3)n1. The third-order valence-corrected chi connectivity index (χ3v) is 7.17. The zero-order valence-electron chi connectivity index (χ0n) is 15.6. The van der Waals surface area contributed by atoms with Gasteiger partial charge in [-0.3, -0.25) is 9.59 Å². The van der Waals surface area contributed by atoms with Crippen LogP contribution in [0.3, 0.4) is 0 Å². The average molecular weight is 399 g/mol. The maximum Gasteiger partial charge on any atom is 0.261 e. The van der Waals surface area contributed by atoms with E-state index in [0.29, 0.717) is 41.1 Å². The van der Waals surface area contributed by atoms with Gasteiger partial charge in [-0.05, 0) is 56.4 Å². The van der Waals surface area contributed by atoms with Crippen LogP contribution >= 0.6 is 11.3 Å². The normalized spacial score (nSPS) is 23.6. The number of hydrogen-bond acceptors (Lipinski definition) is 7. The number of nitrogens with one attached hydrogen (secondary N) is 1. The maximum atomic E-state index is 13.2. The van der Waals surface area contributed by atoms with Gasteiger partial charge in [0, 0.05) is 16.0 Å². The van der Waals surface area contributed by atoms with Gasteiger partial charge in [-0.1, -0.05) is 5.16 Å². The summed E-state index contributed by atoms with van der Waals surface area (Å²) in [6.45, 7) is 2.91. The second-order valence-corrected chi connectivity index (χ2v) is 8.75. The molecule has 0 atom stereocenters. The van der Waals surface area contributed by atoms with Crippen molar-refractivity contribution in [2.45, 2.75) is 45.6 Å². The van der Waals surface area contributed by atoms with Gasteiger partial charge in [0.1, 0.15) is 11.3 Å². The zero-order chi connectivity index (χ0) is 19.3. The number of thiophene rings is 1. The maximum absolute atomic E-state index is 13.2. The summed E-state index contributed by atoms with van der Waals surface area (Å²) in [5.74, 6) is 1.20. The molecule has 7 nitrogen and oxygen atoms in total. The highest BCUT2D eigenvalue weighted by Gasteiger charge is 2.38. The molecular weight excluding hydrogens is 378 g/mol. The number of anilines is 1. The van der Waals surface area contributed by atoms with Crippen LogP contribution in [0.2, 0.25) is 0 Å². The molecule has 3 heterocycles. The summed E-state index contributed by atoms with van der Waals surface area (Å²) in [5, 5.41) is 7.68. The zero-order valence-corrected chi connectivity index (χ0v) is 16.4. The quantitative estimate of drug-likeness (QED) is 0.792. The molecule has 1 aliphatic heterocycles. The topological polar surface area (TPSA) is 94.3 Å². The van der Waals surface area contributed by atoms with Crippen molar-refractivity contribution in [3.05, 3.63) is 27.4 Å². The number of rotatable bonds is 4. The third-order valence-electron chi connectivity index (χ3n) is 6.05. The fourth-order valence-corrected chi connectivity index (χ4v) is 5.91. The van der Waals surface area contributed by atoms with E-state index < -0.39 is 0 Å². The number of aromatic nitrogens is 2. The van der Waals surface area contributed by atoms with E-state index in [2.05, 4.69) is 15.5 Å². The number of carbonyl (C=O) groups is 2. The van der Waals surface area contributed by atoms with Crippen LogP contribution in [0.25, 0.3) is 11.5 Å². The van der Waals surface area contributed by atoms with Gasteiger partial charge in [-0.25, -0.2) is 0 Å². The van der Waals surface area contributed by atoms with E-state index in [1.54, 1.807) is 6.92 Å². The number of allylic oxidation sites excluding steroid dienone is 1. The number of aryl methyl sites for hydroxylation is 1. The average Bonchev–Trinajstić information content (AvgIpc) is 3.30. The first-order valence-electron chi connectivity index (χ1n) is 9.69. The van der Waals surface area contributed by atoms with Gasteiger partial charge >= 0.3 is 0 Å². The van der Waals surface area contributed by atoms with Crippen molar-refractivity contribution in [1.82, 2.24) is 10.1 Å². The monoisotopic (exact) mass is 399 g/mol. The second-order valence-electron chi connectivity index (χ2n) is 7.65.